The molecule has 6 heteroatoms. The Morgan fingerprint density at radius 3 is 1.44 bits per heavy atom. The van der Waals surface area contributed by atoms with Gasteiger partial charge in [-0.1, -0.05) is 6.58 Å². The van der Waals surface area contributed by atoms with E-state index in [1.807, 2.05) is 0 Å². The maximum Gasteiger partial charge on any atom is 0.113 e. The van der Waals surface area contributed by atoms with Gasteiger partial charge in [0.25, 0.3) is 0 Å². The smallest absolute Gasteiger partial charge is 0.113 e. The summed E-state index contributed by atoms with van der Waals surface area (Å²) in [5.41, 5.74) is 0. The maximum atomic E-state index is 11.6. The molecule has 0 saturated heterocycles. The van der Waals surface area contributed by atoms with Crippen LogP contribution in [-0.4, -0.2) is 66.1 Å². The molecule has 18 heavy (non-hydrogen) atoms. The van der Waals surface area contributed by atoms with Gasteiger partial charge >= 0.3 is 0 Å². The van der Waals surface area contributed by atoms with Crippen molar-refractivity contribution < 1.29 is 28.1 Å². The second-order valence-electron chi connectivity index (χ2n) is 3.18. The van der Waals surface area contributed by atoms with Crippen molar-refractivity contribution in [3.63, 3.8) is 0 Å². The molecule has 0 aromatic carbocycles. The van der Waals surface area contributed by atoms with E-state index in [-0.39, 0.29) is 6.61 Å². The molecule has 0 bridgehead atoms. The summed E-state index contributed by atoms with van der Waals surface area (Å²) in [6.07, 6.45) is 1.38. The van der Waals surface area contributed by atoms with Crippen LogP contribution in [0.25, 0.3) is 0 Å². The van der Waals surface area contributed by atoms with Gasteiger partial charge < -0.3 is 23.7 Å². The quantitative estimate of drug-likeness (QED) is 0.329. The Kier molecular flexibility index (Phi) is 15.7. The molecule has 0 fully saturated rings. The molecule has 0 heterocycles. The average molecular weight is 266 g/mol. The van der Waals surface area contributed by atoms with Crippen LogP contribution < -0.4 is 0 Å². The van der Waals surface area contributed by atoms with Crippen LogP contribution in [0.4, 0.5) is 4.39 Å². The summed E-state index contributed by atoms with van der Waals surface area (Å²) in [6.45, 7) is 7.05. The number of alkyl halides is 1. The van der Waals surface area contributed by atoms with Crippen LogP contribution in [-0.2, 0) is 23.7 Å². The summed E-state index contributed by atoms with van der Waals surface area (Å²) in [4.78, 5) is 0. The summed E-state index contributed by atoms with van der Waals surface area (Å²) in [5.74, 6) is 0. The SMILES string of the molecule is C=COCCOCCOCCOCCOCCF. The molecule has 5 nitrogen and oxygen atoms in total. The van der Waals surface area contributed by atoms with Gasteiger partial charge in [-0.3, -0.25) is 0 Å². The number of rotatable bonds is 15. The Hall–Kier alpha value is -0.690. The number of hydrogen-bond acceptors (Lipinski definition) is 5. The van der Waals surface area contributed by atoms with Gasteiger partial charge in [-0.05, 0) is 0 Å². The van der Waals surface area contributed by atoms with Crippen molar-refractivity contribution in [2.75, 3.05) is 66.1 Å². The van der Waals surface area contributed by atoms with Crippen LogP contribution in [0.3, 0.4) is 0 Å². The minimum absolute atomic E-state index is 0.132. The first-order valence-electron chi connectivity index (χ1n) is 6.01. The highest BCUT2D eigenvalue weighted by Gasteiger charge is 1.92. The maximum absolute atomic E-state index is 11.6. The molecule has 0 aliphatic heterocycles. The normalized spacial score (nSPS) is 10.5. The summed E-state index contributed by atoms with van der Waals surface area (Å²) in [5, 5.41) is 0. The Morgan fingerprint density at radius 2 is 1.06 bits per heavy atom. The lowest BCUT2D eigenvalue weighted by Crippen LogP contribution is -2.13. The minimum atomic E-state index is -0.457. The van der Waals surface area contributed by atoms with Crippen LogP contribution in [0.5, 0.6) is 0 Å². The zero-order valence-electron chi connectivity index (χ0n) is 10.8. The van der Waals surface area contributed by atoms with Gasteiger partial charge in [0.15, 0.2) is 0 Å². The number of ether oxygens (including phenoxy) is 5. The molecule has 0 amide bonds. The van der Waals surface area contributed by atoms with Gasteiger partial charge in [0, 0.05) is 0 Å². The van der Waals surface area contributed by atoms with Crippen molar-refractivity contribution in [3.8, 4) is 0 Å². The first-order chi connectivity index (χ1) is 8.91. The summed E-state index contributed by atoms with van der Waals surface area (Å²) >= 11 is 0. The van der Waals surface area contributed by atoms with Crippen LogP contribution in [0.1, 0.15) is 0 Å². The topological polar surface area (TPSA) is 46.2 Å². The van der Waals surface area contributed by atoms with E-state index in [0.717, 1.165) is 0 Å². The highest BCUT2D eigenvalue weighted by molar-refractivity contribution is 4.47. The van der Waals surface area contributed by atoms with E-state index in [2.05, 4.69) is 6.58 Å². The fourth-order valence-corrected chi connectivity index (χ4v) is 1.01. The number of hydrogen-bond donors (Lipinski definition) is 0. The van der Waals surface area contributed by atoms with E-state index < -0.39 is 6.67 Å². The van der Waals surface area contributed by atoms with Crippen LogP contribution in [0, 0.1) is 0 Å². The lowest BCUT2D eigenvalue weighted by Gasteiger charge is -2.06. The second kappa shape index (κ2) is 16.3. The fraction of sp³-hybridized carbons (Fsp3) is 0.833. The summed E-state index contributed by atoms with van der Waals surface area (Å²) < 4.78 is 37.1. The Morgan fingerprint density at radius 1 is 0.667 bits per heavy atom. The molecule has 0 aromatic rings. The van der Waals surface area contributed by atoms with Gasteiger partial charge in [-0.2, -0.15) is 0 Å². The molecule has 0 aliphatic carbocycles. The third kappa shape index (κ3) is 15.3. The largest absolute Gasteiger partial charge is 0.499 e. The molecular weight excluding hydrogens is 243 g/mol. The highest BCUT2D eigenvalue weighted by atomic mass is 19.1. The lowest BCUT2D eigenvalue weighted by atomic mass is 10.7. The van der Waals surface area contributed by atoms with Gasteiger partial charge in [0.05, 0.1) is 59.1 Å². The third-order valence-electron chi connectivity index (χ3n) is 1.80. The van der Waals surface area contributed by atoms with Crippen LogP contribution in [0.15, 0.2) is 12.8 Å². The van der Waals surface area contributed by atoms with Crippen LogP contribution >= 0.6 is 0 Å². The molecular formula is C12H23FO5. The number of halogens is 1. The summed E-state index contributed by atoms with van der Waals surface area (Å²) in [6, 6.07) is 0. The fourth-order valence-electron chi connectivity index (χ4n) is 1.01. The van der Waals surface area contributed by atoms with Crippen molar-refractivity contribution >= 4 is 0 Å². The highest BCUT2D eigenvalue weighted by Crippen LogP contribution is 1.83. The predicted molar refractivity (Wildman–Crippen MR) is 65.4 cm³/mol. The molecule has 0 radical (unpaired) electrons. The molecule has 0 N–H and O–H groups in total. The van der Waals surface area contributed by atoms with Gasteiger partial charge in [-0.15, -0.1) is 0 Å². The van der Waals surface area contributed by atoms with Crippen molar-refractivity contribution in [2.24, 2.45) is 0 Å². The first-order valence-corrected chi connectivity index (χ1v) is 6.01. The van der Waals surface area contributed by atoms with Crippen molar-refractivity contribution in [1.29, 1.82) is 0 Å². The molecule has 0 aromatic heterocycles. The average Bonchev–Trinajstić information content (AvgIpc) is 2.39. The molecule has 108 valence electrons. The lowest BCUT2D eigenvalue weighted by molar-refractivity contribution is -0.00703. The second-order valence-corrected chi connectivity index (χ2v) is 3.18. The Labute approximate surface area is 108 Å². The van der Waals surface area contributed by atoms with E-state index in [0.29, 0.717) is 52.9 Å². The molecule has 0 atom stereocenters. The first kappa shape index (κ1) is 17.3. The standard InChI is InChI=1S/C12H23FO5/c1-2-14-5-6-16-9-10-18-12-11-17-8-7-15-4-3-13/h2H,1,3-12H2. The molecule has 0 spiro atoms. The van der Waals surface area contributed by atoms with E-state index in [9.17, 15) is 4.39 Å². The zero-order valence-corrected chi connectivity index (χ0v) is 10.8. The van der Waals surface area contributed by atoms with Crippen molar-refractivity contribution in [1.82, 2.24) is 0 Å². The van der Waals surface area contributed by atoms with Crippen molar-refractivity contribution in [3.05, 3.63) is 12.8 Å². The molecule has 0 aliphatic rings. The van der Waals surface area contributed by atoms with Gasteiger partial charge in [0.2, 0.25) is 0 Å². The Balaban J connectivity index is 2.88. The van der Waals surface area contributed by atoms with Gasteiger partial charge in [-0.25, -0.2) is 4.39 Å². The molecule has 0 saturated carbocycles. The molecule has 0 rings (SSSR count). The molecule has 0 unspecified atom stereocenters. The summed E-state index contributed by atoms with van der Waals surface area (Å²) in [7, 11) is 0. The monoisotopic (exact) mass is 266 g/mol. The van der Waals surface area contributed by atoms with E-state index in [1.165, 1.54) is 6.26 Å². The van der Waals surface area contributed by atoms with E-state index in [1.54, 1.807) is 0 Å². The van der Waals surface area contributed by atoms with Crippen LogP contribution in [0.2, 0.25) is 0 Å². The third-order valence-corrected chi connectivity index (χ3v) is 1.80. The predicted octanol–water partition coefficient (Wildman–Crippen LogP) is 1.18. The van der Waals surface area contributed by atoms with Crippen molar-refractivity contribution in [2.45, 2.75) is 0 Å². The van der Waals surface area contributed by atoms with E-state index in [4.69, 9.17) is 23.7 Å². The van der Waals surface area contributed by atoms with E-state index >= 15 is 0 Å². The zero-order chi connectivity index (χ0) is 13.3. The van der Waals surface area contributed by atoms with Gasteiger partial charge in [0.1, 0.15) is 13.3 Å². The Bertz CT molecular complexity index is 169. The minimum Gasteiger partial charge on any atom is -0.499 e.